The Balaban J connectivity index is 1.75. The highest BCUT2D eigenvalue weighted by Crippen LogP contribution is 2.16. The van der Waals surface area contributed by atoms with E-state index in [1.807, 2.05) is 0 Å². The molecule has 31 heavy (non-hydrogen) atoms. The molecule has 1 heterocycles. The van der Waals surface area contributed by atoms with E-state index in [9.17, 15) is 14.4 Å². The van der Waals surface area contributed by atoms with Crippen molar-refractivity contribution in [3.8, 4) is 11.4 Å². The molecule has 0 spiro atoms. The van der Waals surface area contributed by atoms with Crippen molar-refractivity contribution < 1.29 is 19.1 Å². The Morgan fingerprint density at radius 1 is 1.10 bits per heavy atom. The minimum Gasteiger partial charge on any atom is -0.497 e. The molecule has 160 valence electrons. The van der Waals surface area contributed by atoms with Crippen LogP contribution in [0.5, 0.6) is 5.75 Å². The van der Waals surface area contributed by atoms with Crippen LogP contribution in [-0.2, 0) is 9.53 Å². The van der Waals surface area contributed by atoms with Gasteiger partial charge < -0.3 is 14.8 Å². The highest BCUT2D eigenvalue weighted by Gasteiger charge is 2.23. The van der Waals surface area contributed by atoms with Gasteiger partial charge in [-0.1, -0.05) is 11.6 Å². The molecule has 3 aromatic rings. The first-order valence-corrected chi connectivity index (χ1v) is 9.69. The van der Waals surface area contributed by atoms with Crippen molar-refractivity contribution >= 4 is 29.2 Å². The maximum absolute atomic E-state index is 12.5. The van der Waals surface area contributed by atoms with Crippen molar-refractivity contribution in [2.45, 2.75) is 20.0 Å². The van der Waals surface area contributed by atoms with Crippen molar-refractivity contribution in [1.29, 1.82) is 0 Å². The summed E-state index contributed by atoms with van der Waals surface area (Å²) in [6, 6.07) is 14.7. The normalized spacial score (nSPS) is 11.5. The molecule has 1 atom stereocenters. The Morgan fingerprint density at radius 3 is 2.35 bits per heavy atom. The number of carbonyl (C=O) groups is 2. The number of methoxy groups -OCH3 is 1. The number of hydrogen-bond donors (Lipinski definition) is 1. The van der Waals surface area contributed by atoms with E-state index in [0.29, 0.717) is 27.8 Å². The average Bonchev–Trinajstić information content (AvgIpc) is 2.75. The monoisotopic (exact) mass is 441 g/mol. The number of carbonyl (C=O) groups excluding carboxylic acids is 2. The molecule has 1 aromatic heterocycles. The quantitative estimate of drug-likeness (QED) is 0.588. The third kappa shape index (κ3) is 5.29. The van der Waals surface area contributed by atoms with Crippen molar-refractivity contribution in [3.05, 3.63) is 81.2 Å². The fourth-order valence-electron chi connectivity index (χ4n) is 2.72. The van der Waals surface area contributed by atoms with E-state index >= 15 is 0 Å². The first kappa shape index (κ1) is 22.0. The molecule has 1 unspecified atom stereocenters. The molecule has 3 rings (SSSR count). The molecule has 1 N–H and O–H groups in total. The summed E-state index contributed by atoms with van der Waals surface area (Å²) in [6.45, 7) is 3.09. The highest BCUT2D eigenvalue weighted by atomic mass is 35.5. The van der Waals surface area contributed by atoms with Crippen LogP contribution in [-0.4, -0.2) is 34.9 Å². The van der Waals surface area contributed by atoms with Gasteiger partial charge in [-0.15, -0.1) is 0 Å². The van der Waals surface area contributed by atoms with Gasteiger partial charge in [0, 0.05) is 22.5 Å². The number of aromatic nitrogens is 2. The molecule has 8 nitrogen and oxygen atoms in total. The number of nitrogens with zero attached hydrogens (tertiary/aromatic N) is 2. The SMILES string of the molecule is COc1ccc(NC(=O)C(C)OC(=O)c2nn(-c3ccc(Cl)cc3)c(C)cc2=O)cc1. The number of ether oxygens (including phenoxy) is 2. The summed E-state index contributed by atoms with van der Waals surface area (Å²) in [6.07, 6.45) is -1.15. The lowest BCUT2D eigenvalue weighted by Crippen LogP contribution is -2.32. The number of nitrogens with one attached hydrogen (secondary N) is 1. The molecule has 0 aliphatic heterocycles. The lowest BCUT2D eigenvalue weighted by atomic mass is 10.2. The van der Waals surface area contributed by atoms with Crippen LogP contribution < -0.4 is 15.5 Å². The number of halogens is 1. The van der Waals surface area contributed by atoms with E-state index in [0.717, 1.165) is 0 Å². The summed E-state index contributed by atoms with van der Waals surface area (Å²) in [5.41, 5.74) is 0.614. The number of aryl methyl sites for hydroxylation is 1. The Hall–Kier alpha value is -3.65. The summed E-state index contributed by atoms with van der Waals surface area (Å²) >= 11 is 5.91. The minimum absolute atomic E-state index is 0.426. The largest absolute Gasteiger partial charge is 0.497 e. The van der Waals surface area contributed by atoms with E-state index in [-0.39, 0.29) is 0 Å². The molecule has 1 amide bonds. The molecule has 0 saturated carbocycles. The molecule has 9 heteroatoms. The predicted molar refractivity (Wildman–Crippen MR) is 116 cm³/mol. The number of amides is 1. The first-order chi connectivity index (χ1) is 14.8. The third-order valence-electron chi connectivity index (χ3n) is 4.38. The van der Waals surface area contributed by atoms with Gasteiger partial charge in [-0.3, -0.25) is 9.59 Å². The van der Waals surface area contributed by atoms with Gasteiger partial charge in [0.15, 0.2) is 6.10 Å². The molecular formula is C22H20ClN3O5. The maximum atomic E-state index is 12.5. The fraction of sp³-hybridized carbons (Fsp3) is 0.182. The van der Waals surface area contributed by atoms with Gasteiger partial charge in [0.2, 0.25) is 11.1 Å². The average molecular weight is 442 g/mol. The van der Waals surface area contributed by atoms with Crippen LogP contribution in [0.15, 0.2) is 59.4 Å². The summed E-state index contributed by atoms with van der Waals surface area (Å²) in [5, 5.41) is 7.30. The maximum Gasteiger partial charge on any atom is 0.363 e. The topological polar surface area (TPSA) is 99.5 Å². The number of rotatable bonds is 6. The second kappa shape index (κ2) is 9.44. The first-order valence-electron chi connectivity index (χ1n) is 9.31. The van der Waals surface area contributed by atoms with Crippen LogP contribution in [0.3, 0.4) is 0 Å². The summed E-state index contributed by atoms with van der Waals surface area (Å²) in [7, 11) is 1.54. The second-order valence-electron chi connectivity index (χ2n) is 6.65. The van der Waals surface area contributed by atoms with E-state index in [1.54, 1.807) is 55.5 Å². The molecule has 2 aromatic carbocycles. The van der Waals surface area contributed by atoms with Crippen molar-refractivity contribution in [2.24, 2.45) is 0 Å². The summed E-state index contributed by atoms with van der Waals surface area (Å²) < 4.78 is 11.7. The van der Waals surface area contributed by atoms with E-state index < -0.39 is 29.1 Å². The zero-order valence-electron chi connectivity index (χ0n) is 17.1. The van der Waals surface area contributed by atoms with E-state index in [2.05, 4.69) is 10.4 Å². The highest BCUT2D eigenvalue weighted by molar-refractivity contribution is 6.30. The number of anilines is 1. The number of esters is 1. The smallest absolute Gasteiger partial charge is 0.363 e. The van der Waals surface area contributed by atoms with Crippen LogP contribution >= 0.6 is 11.6 Å². The van der Waals surface area contributed by atoms with Crippen LogP contribution in [0.1, 0.15) is 23.1 Å². The summed E-state index contributed by atoms with van der Waals surface area (Å²) in [4.78, 5) is 37.2. The lowest BCUT2D eigenvalue weighted by Gasteiger charge is -2.15. The van der Waals surface area contributed by atoms with Gasteiger partial charge in [0.1, 0.15) is 5.75 Å². The van der Waals surface area contributed by atoms with Crippen LogP contribution in [0.2, 0.25) is 5.02 Å². The number of benzene rings is 2. The Kier molecular flexibility index (Phi) is 6.71. The van der Waals surface area contributed by atoms with Crippen LogP contribution in [0.4, 0.5) is 5.69 Å². The van der Waals surface area contributed by atoms with Gasteiger partial charge in [0.25, 0.3) is 5.91 Å². The Bertz CT molecular complexity index is 1160. The predicted octanol–water partition coefficient (Wildman–Crippen LogP) is 3.39. The Morgan fingerprint density at radius 2 is 1.74 bits per heavy atom. The summed E-state index contributed by atoms with van der Waals surface area (Å²) in [5.74, 6) is -0.909. The van der Waals surface area contributed by atoms with Gasteiger partial charge in [-0.2, -0.15) is 5.10 Å². The third-order valence-corrected chi connectivity index (χ3v) is 4.63. The number of hydrogen-bond acceptors (Lipinski definition) is 6. The van der Waals surface area contributed by atoms with Gasteiger partial charge in [-0.25, -0.2) is 9.48 Å². The second-order valence-corrected chi connectivity index (χ2v) is 7.09. The standard InChI is InChI=1S/C22H20ClN3O5/c1-13-12-19(27)20(25-26(13)17-8-4-15(23)5-9-17)22(29)31-14(2)21(28)24-16-6-10-18(30-3)11-7-16/h4-12,14H,1-3H3,(H,24,28). The lowest BCUT2D eigenvalue weighted by molar-refractivity contribution is -0.123. The van der Waals surface area contributed by atoms with Crippen LogP contribution in [0, 0.1) is 6.92 Å². The molecule has 0 radical (unpaired) electrons. The van der Waals surface area contributed by atoms with Crippen molar-refractivity contribution in [3.63, 3.8) is 0 Å². The zero-order valence-corrected chi connectivity index (χ0v) is 17.8. The molecule has 0 fully saturated rings. The fourth-order valence-corrected chi connectivity index (χ4v) is 2.85. The van der Waals surface area contributed by atoms with Crippen molar-refractivity contribution in [1.82, 2.24) is 9.78 Å². The van der Waals surface area contributed by atoms with E-state index in [4.69, 9.17) is 21.1 Å². The van der Waals surface area contributed by atoms with Gasteiger partial charge in [-0.05, 0) is 62.4 Å². The van der Waals surface area contributed by atoms with Crippen LogP contribution in [0.25, 0.3) is 5.69 Å². The minimum atomic E-state index is -1.15. The van der Waals surface area contributed by atoms with Gasteiger partial charge >= 0.3 is 5.97 Å². The Labute approximate surface area is 183 Å². The molecule has 0 aliphatic rings. The molecular weight excluding hydrogens is 422 g/mol. The van der Waals surface area contributed by atoms with Crippen molar-refractivity contribution in [2.75, 3.05) is 12.4 Å². The molecule has 0 bridgehead atoms. The molecule has 0 aliphatic carbocycles. The molecule has 0 saturated heterocycles. The van der Waals surface area contributed by atoms with Gasteiger partial charge in [0.05, 0.1) is 12.8 Å². The zero-order chi connectivity index (χ0) is 22.5. The van der Waals surface area contributed by atoms with E-state index in [1.165, 1.54) is 24.8 Å².